The van der Waals surface area contributed by atoms with E-state index in [1.165, 1.54) is 0 Å². The Balaban J connectivity index is 2.47. The second-order valence-corrected chi connectivity index (χ2v) is 3.61. The predicted octanol–water partition coefficient (Wildman–Crippen LogP) is 1.98. The standard InChI is InChI=1S/C11H14FNO/c1-14-10-4-2-3-8-7(10)5-6-9(12)11(8)13/h2-4,9,11H,5-6,13H2,1H3/t9-,11-/m1/s1. The van der Waals surface area contributed by atoms with Crippen LogP contribution in [0.2, 0.25) is 0 Å². The number of nitrogens with two attached hydrogens (primary N) is 1. The summed E-state index contributed by atoms with van der Waals surface area (Å²) in [6.45, 7) is 0. The highest BCUT2D eigenvalue weighted by atomic mass is 19.1. The molecule has 1 aliphatic carbocycles. The third-order valence-corrected chi connectivity index (χ3v) is 2.81. The molecule has 3 heteroatoms. The highest BCUT2D eigenvalue weighted by molar-refractivity contribution is 5.43. The topological polar surface area (TPSA) is 35.2 Å². The molecular formula is C11H14FNO. The Bertz CT molecular complexity index is 340. The Morgan fingerprint density at radius 2 is 2.29 bits per heavy atom. The van der Waals surface area contributed by atoms with Crippen LogP contribution in [0, 0.1) is 0 Å². The lowest BCUT2D eigenvalue weighted by Crippen LogP contribution is -2.28. The third-order valence-electron chi connectivity index (χ3n) is 2.81. The van der Waals surface area contributed by atoms with Gasteiger partial charge in [0.25, 0.3) is 0 Å². The van der Waals surface area contributed by atoms with E-state index in [0.717, 1.165) is 16.9 Å². The second kappa shape index (κ2) is 3.58. The number of fused-ring (bicyclic) bond motifs is 1. The predicted molar refractivity (Wildman–Crippen MR) is 53.1 cm³/mol. The SMILES string of the molecule is COc1cccc2c1CC[C@@H](F)[C@@H]2N. The number of hydrogen-bond donors (Lipinski definition) is 1. The van der Waals surface area contributed by atoms with Gasteiger partial charge in [0.05, 0.1) is 13.2 Å². The van der Waals surface area contributed by atoms with Crippen LogP contribution in [0.3, 0.4) is 0 Å². The van der Waals surface area contributed by atoms with Crippen LogP contribution >= 0.6 is 0 Å². The zero-order chi connectivity index (χ0) is 10.1. The molecule has 76 valence electrons. The van der Waals surface area contributed by atoms with Crippen LogP contribution in [0.25, 0.3) is 0 Å². The summed E-state index contributed by atoms with van der Waals surface area (Å²) in [4.78, 5) is 0. The molecule has 2 atom stereocenters. The molecule has 1 aliphatic rings. The van der Waals surface area contributed by atoms with Crippen molar-refractivity contribution in [3.63, 3.8) is 0 Å². The lowest BCUT2D eigenvalue weighted by molar-refractivity contribution is 0.252. The van der Waals surface area contributed by atoms with Gasteiger partial charge in [-0.25, -0.2) is 4.39 Å². The maximum absolute atomic E-state index is 13.3. The van der Waals surface area contributed by atoms with E-state index in [4.69, 9.17) is 10.5 Å². The highest BCUT2D eigenvalue weighted by Gasteiger charge is 2.27. The first-order chi connectivity index (χ1) is 6.74. The fourth-order valence-corrected chi connectivity index (χ4v) is 2.01. The summed E-state index contributed by atoms with van der Waals surface area (Å²) in [5.41, 5.74) is 7.74. The van der Waals surface area contributed by atoms with Crippen LogP contribution < -0.4 is 10.5 Å². The number of rotatable bonds is 1. The maximum atomic E-state index is 13.3. The van der Waals surface area contributed by atoms with Crippen molar-refractivity contribution in [2.75, 3.05) is 7.11 Å². The van der Waals surface area contributed by atoms with E-state index in [9.17, 15) is 4.39 Å². The van der Waals surface area contributed by atoms with Crippen molar-refractivity contribution in [2.45, 2.75) is 25.1 Å². The van der Waals surface area contributed by atoms with Crippen LogP contribution in [0.4, 0.5) is 4.39 Å². The first-order valence-electron chi connectivity index (χ1n) is 4.79. The number of halogens is 1. The Morgan fingerprint density at radius 1 is 1.50 bits per heavy atom. The minimum atomic E-state index is -0.922. The molecule has 1 aromatic rings. The number of methoxy groups -OCH3 is 1. The van der Waals surface area contributed by atoms with Crippen molar-refractivity contribution in [3.8, 4) is 5.75 Å². The van der Waals surface area contributed by atoms with Gasteiger partial charge in [-0.15, -0.1) is 0 Å². The summed E-state index contributed by atoms with van der Waals surface area (Å²) in [6, 6.07) is 5.14. The minimum Gasteiger partial charge on any atom is -0.496 e. The molecule has 0 aromatic heterocycles. The van der Waals surface area contributed by atoms with Gasteiger partial charge in [0.2, 0.25) is 0 Å². The highest BCUT2D eigenvalue weighted by Crippen LogP contribution is 2.35. The summed E-state index contributed by atoms with van der Waals surface area (Å²) < 4.78 is 18.5. The summed E-state index contributed by atoms with van der Waals surface area (Å²) in [5, 5.41) is 0. The average molecular weight is 195 g/mol. The molecular weight excluding hydrogens is 181 g/mol. The maximum Gasteiger partial charge on any atom is 0.122 e. The fourth-order valence-electron chi connectivity index (χ4n) is 2.01. The fraction of sp³-hybridized carbons (Fsp3) is 0.455. The summed E-state index contributed by atoms with van der Waals surface area (Å²) in [5.74, 6) is 0.824. The van der Waals surface area contributed by atoms with E-state index >= 15 is 0 Å². The first kappa shape index (κ1) is 9.46. The average Bonchev–Trinajstić information content (AvgIpc) is 2.23. The molecule has 0 heterocycles. The molecule has 2 N–H and O–H groups in total. The molecule has 0 spiro atoms. The molecule has 0 aliphatic heterocycles. The molecule has 2 rings (SSSR count). The first-order valence-corrected chi connectivity index (χ1v) is 4.79. The van der Waals surface area contributed by atoms with Crippen molar-refractivity contribution in [2.24, 2.45) is 5.73 Å². The van der Waals surface area contributed by atoms with Crippen molar-refractivity contribution >= 4 is 0 Å². The summed E-state index contributed by atoms with van der Waals surface area (Å²) in [6.07, 6.45) is 0.289. The normalized spacial score (nSPS) is 25.6. The summed E-state index contributed by atoms with van der Waals surface area (Å²) in [7, 11) is 1.63. The lowest BCUT2D eigenvalue weighted by Gasteiger charge is -2.26. The number of ether oxygens (including phenoxy) is 1. The lowest BCUT2D eigenvalue weighted by atomic mass is 9.86. The molecule has 0 unspecified atom stereocenters. The smallest absolute Gasteiger partial charge is 0.122 e. The molecule has 14 heavy (non-hydrogen) atoms. The van der Waals surface area contributed by atoms with Gasteiger partial charge in [-0.05, 0) is 30.0 Å². The van der Waals surface area contributed by atoms with E-state index in [1.54, 1.807) is 7.11 Å². The largest absolute Gasteiger partial charge is 0.496 e. The molecule has 0 fully saturated rings. The van der Waals surface area contributed by atoms with Crippen LogP contribution in [0.15, 0.2) is 18.2 Å². The molecule has 0 radical (unpaired) electrons. The number of benzene rings is 1. The molecule has 0 saturated carbocycles. The Hall–Kier alpha value is -1.09. The van der Waals surface area contributed by atoms with Gasteiger partial charge in [0, 0.05) is 0 Å². The summed E-state index contributed by atoms with van der Waals surface area (Å²) >= 11 is 0. The van der Waals surface area contributed by atoms with Crippen molar-refractivity contribution in [3.05, 3.63) is 29.3 Å². The van der Waals surface area contributed by atoms with E-state index in [-0.39, 0.29) is 0 Å². The zero-order valence-corrected chi connectivity index (χ0v) is 8.16. The molecule has 0 amide bonds. The van der Waals surface area contributed by atoms with Gasteiger partial charge in [0.1, 0.15) is 11.9 Å². The number of alkyl halides is 1. The van der Waals surface area contributed by atoms with E-state index in [0.29, 0.717) is 12.8 Å². The number of hydrogen-bond acceptors (Lipinski definition) is 2. The second-order valence-electron chi connectivity index (χ2n) is 3.61. The van der Waals surface area contributed by atoms with Crippen LogP contribution in [0.5, 0.6) is 5.75 Å². The monoisotopic (exact) mass is 195 g/mol. The van der Waals surface area contributed by atoms with Gasteiger partial charge in [-0.3, -0.25) is 0 Å². The van der Waals surface area contributed by atoms with Gasteiger partial charge in [-0.2, -0.15) is 0 Å². The third kappa shape index (κ3) is 1.38. The quantitative estimate of drug-likeness (QED) is 0.743. The molecule has 0 saturated heterocycles. The molecule has 0 bridgehead atoms. The van der Waals surface area contributed by atoms with Crippen LogP contribution in [0.1, 0.15) is 23.6 Å². The Morgan fingerprint density at radius 3 is 3.00 bits per heavy atom. The van der Waals surface area contributed by atoms with Crippen LogP contribution in [-0.4, -0.2) is 13.3 Å². The zero-order valence-electron chi connectivity index (χ0n) is 8.16. The van der Waals surface area contributed by atoms with E-state index in [2.05, 4.69) is 0 Å². The van der Waals surface area contributed by atoms with Gasteiger partial charge in [-0.1, -0.05) is 12.1 Å². The van der Waals surface area contributed by atoms with Crippen molar-refractivity contribution < 1.29 is 9.13 Å². The van der Waals surface area contributed by atoms with E-state index < -0.39 is 12.2 Å². The Kier molecular flexibility index (Phi) is 2.42. The van der Waals surface area contributed by atoms with Gasteiger partial charge in [0.15, 0.2) is 0 Å². The molecule has 2 nitrogen and oxygen atoms in total. The Labute approximate surface area is 82.9 Å². The van der Waals surface area contributed by atoms with Gasteiger partial charge < -0.3 is 10.5 Å². The van der Waals surface area contributed by atoms with Crippen LogP contribution in [-0.2, 0) is 6.42 Å². The molecule has 1 aromatic carbocycles. The van der Waals surface area contributed by atoms with Crippen molar-refractivity contribution in [1.29, 1.82) is 0 Å². The van der Waals surface area contributed by atoms with Crippen molar-refractivity contribution in [1.82, 2.24) is 0 Å². The minimum absolute atomic E-state index is 0.492. The van der Waals surface area contributed by atoms with E-state index in [1.807, 2.05) is 18.2 Å². The van der Waals surface area contributed by atoms with Gasteiger partial charge >= 0.3 is 0 Å².